The number of hydrogen-bond acceptors (Lipinski definition) is 3. The molecule has 1 unspecified atom stereocenters. The van der Waals surface area contributed by atoms with Gasteiger partial charge in [0, 0.05) is 5.92 Å². The van der Waals surface area contributed by atoms with Crippen LogP contribution in [0.3, 0.4) is 0 Å². The number of benzene rings is 1. The van der Waals surface area contributed by atoms with Crippen LogP contribution in [-0.4, -0.2) is 15.0 Å². The first-order valence-corrected chi connectivity index (χ1v) is 7.13. The average Bonchev–Trinajstić information content (AvgIpc) is 2.92. The molecule has 0 N–H and O–H groups in total. The molecule has 20 heavy (non-hydrogen) atoms. The van der Waals surface area contributed by atoms with Crippen molar-refractivity contribution in [3.63, 3.8) is 0 Å². The Morgan fingerprint density at radius 2 is 1.85 bits per heavy atom. The van der Waals surface area contributed by atoms with Gasteiger partial charge in [-0.15, -0.1) is 5.10 Å². The number of hydrogen-bond donors (Lipinski definition) is 0. The Bertz CT molecular complexity index is 591. The van der Waals surface area contributed by atoms with Crippen molar-refractivity contribution in [2.45, 2.75) is 45.6 Å². The van der Waals surface area contributed by atoms with Crippen molar-refractivity contribution in [1.29, 1.82) is 5.26 Å². The molecule has 2 aromatic rings. The van der Waals surface area contributed by atoms with Crippen LogP contribution in [0.4, 0.5) is 0 Å². The van der Waals surface area contributed by atoms with Crippen molar-refractivity contribution < 1.29 is 0 Å². The van der Waals surface area contributed by atoms with Gasteiger partial charge in [0.05, 0.1) is 11.7 Å². The van der Waals surface area contributed by atoms with Crippen LogP contribution in [0.1, 0.15) is 62.5 Å². The standard InChI is InChI=1S/C16H20N4/c1-4-13(5-2)16-15(11-17)18-19-20(16)12(3)14-9-7-6-8-10-14/h6-10,12-13H,4-5H2,1-3H3. The Morgan fingerprint density at radius 3 is 2.40 bits per heavy atom. The molecule has 0 aliphatic rings. The van der Waals surface area contributed by atoms with Crippen molar-refractivity contribution >= 4 is 0 Å². The summed E-state index contributed by atoms with van der Waals surface area (Å²) < 4.78 is 1.91. The molecule has 0 aliphatic heterocycles. The van der Waals surface area contributed by atoms with Crippen LogP contribution in [0, 0.1) is 11.3 Å². The van der Waals surface area contributed by atoms with Crippen LogP contribution < -0.4 is 0 Å². The molecule has 4 nitrogen and oxygen atoms in total. The second kappa shape index (κ2) is 6.33. The van der Waals surface area contributed by atoms with Crippen LogP contribution in [0.2, 0.25) is 0 Å². The van der Waals surface area contributed by atoms with Crippen molar-refractivity contribution in [2.24, 2.45) is 0 Å². The van der Waals surface area contributed by atoms with Gasteiger partial charge in [-0.2, -0.15) is 5.26 Å². The minimum Gasteiger partial charge on any atom is -0.240 e. The van der Waals surface area contributed by atoms with Crippen LogP contribution in [-0.2, 0) is 0 Å². The molecule has 0 amide bonds. The Hall–Kier alpha value is -2.15. The van der Waals surface area contributed by atoms with Gasteiger partial charge in [-0.1, -0.05) is 49.4 Å². The van der Waals surface area contributed by atoms with E-state index in [1.165, 1.54) is 5.56 Å². The number of nitriles is 1. The van der Waals surface area contributed by atoms with E-state index in [2.05, 4.69) is 49.3 Å². The van der Waals surface area contributed by atoms with Gasteiger partial charge in [0.25, 0.3) is 0 Å². The van der Waals surface area contributed by atoms with Crippen LogP contribution >= 0.6 is 0 Å². The van der Waals surface area contributed by atoms with Crippen LogP contribution in [0.25, 0.3) is 0 Å². The van der Waals surface area contributed by atoms with Gasteiger partial charge >= 0.3 is 0 Å². The number of rotatable bonds is 5. The summed E-state index contributed by atoms with van der Waals surface area (Å²) in [5, 5.41) is 17.5. The molecular weight excluding hydrogens is 248 g/mol. The molecule has 1 heterocycles. The predicted molar refractivity (Wildman–Crippen MR) is 78.3 cm³/mol. The fraction of sp³-hybridized carbons (Fsp3) is 0.438. The molecule has 1 aromatic carbocycles. The SMILES string of the molecule is CCC(CC)c1c(C#N)nnn1C(C)c1ccccc1. The van der Waals surface area contributed by atoms with Gasteiger partial charge in [0.15, 0.2) is 5.69 Å². The minimum atomic E-state index is 0.0846. The molecule has 0 saturated heterocycles. The molecule has 104 valence electrons. The van der Waals surface area contributed by atoms with E-state index in [1.54, 1.807) is 0 Å². The van der Waals surface area contributed by atoms with E-state index in [9.17, 15) is 5.26 Å². The molecule has 0 fully saturated rings. The smallest absolute Gasteiger partial charge is 0.186 e. The highest BCUT2D eigenvalue weighted by Crippen LogP contribution is 2.29. The Labute approximate surface area is 120 Å². The van der Waals surface area contributed by atoms with E-state index in [4.69, 9.17) is 0 Å². The molecule has 0 saturated carbocycles. The van der Waals surface area contributed by atoms with E-state index < -0.39 is 0 Å². The molecule has 1 aromatic heterocycles. The first-order chi connectivity index (χ1) is 9.72. The third kappa shape index (κ3) is 2.57. The highest BCUT2D eigenvalue weighted by molar-refractivity contribution is 5.30. The summed E-state index contributed by atoms with van der Waals surface area (Å²) in [6.45, 7) is 6.37. The van der Waals surface area contributed by atoms with Crippen LogP contribution in [0.15, 0.2) is 30.3 Å². The summed E-state index contributed by atoms with van der Waals surface area (Å²) in [4.78, 5) is 0. The summed E-state index contributed by atoms with van der Waals surface area (Å²) in [6, 6.07) is 12.5. The highest BCUT2D eigenvalue weighted by Gasteiger charge is 2.23. The molecule has 4 heteroatoms. The molecular formula is C16H20N4. The maximum Gasteiger partial charge on any atom is 0.186 e. The van der Waals surface area contributed by atoms with Gasteiger partial charge in [-0.3, -0.25) is 0 Å². The van der Waals surface area contributed by atoms with E-state index in [0.29, 0.717) is 11.6 Å². The first-order valence-electron chi connectivity index (χ1n) is 7.13. The normalized spacial score (nSPS) is 12.3. The number of aromatic nitrogens is 3. The number of nitrogens with zero attached hydrogens (tertiary/aromatic N) is 4. The van der Waals surface area contributed by atoms with Crippen LogP contribution in [0.5, 0.6) is 0 Å². The Morgan fingerprint density at radius 1 is 1.20 bits per heavy atom. The second-order valence-electron chi connectivity index (χ2n) is 4.98. The maximum absolute atomic E-state index is 9.26. The van der Waals surface area contributed by atoms with E-state index in [1.807, 2.05) is 22.9 Å². The maximum atomic E-state index is 9.26. The summed E-state index contributed by atoms with van der Waals surface area (Å²) in [7, 11) is 0. The zero-order valence-electron chi connectivity index (χ0n) is 12.2. The summed E-state index contributed by atoms with van der Waals surface area (Å²) >= 11 is 0. The lowest BCUT2D eigenvalue weighted by molar-refractivity contribution is 0.484. The lowest BCUT2D eigenvalue weighted by Gasteiger charge is -2.19. The lowest BCUT2D eigenvalue weighted by Crippen LogP contribution is -2.15. The van der Waals surface area contributed by atoms with E-state index >= 15 is 0 Å². The Balaban J connectivity index is 2.47. The zero-order valence-corrected chi connectivity index (χ0v) is 12.2. The summed E-state index contributed by atoms with van der Waals surface area (Å²) in [6.07, 6.45) is 1.97. The van der Waals surface area contributed by atoms with E-state index in [0.717, 1.165) is 18.5 Å². The minimum absolute atomic E-state index is 0.0846. The molecule has 2 rings (SSSR count). The molecule has 0 bridgehead atoms. The first kappa shape index (κ1) is 14.3. The predicted octanol–water partition coefficient (Wildman–Crippen LogP) is 3.66. The van der Waals surface area contributed by atoms with Gasteiger partial charge in [-0.05, 0) is 25.3 Å². The van der Waals surface area contributed by atoms with Gasteiger partial charge in [-0.25, -0.2) is 4.68 Å². The van der Waals surface area contributed by atoms with Gasteiger partial charge in [0.2, 0.25) is 0 Å². The van der Waals surface area contributed by atoms with Crippen molar-refractivity contribution in [3.05, 3.63) is 47.3 Å². The fourth-order valence-corrected chi connectivity index (χ4v) is 2.60. The third-order valence-electron chi connectivity index (χ3n) is 3.86. The second-order valence-corrected chi connectivity index (χ2v) is 4.98. The average molecular weight is 268 g/mol. The monoisotopic (exact) mass is 268 g/mol. The summed E-state index contributed by atoms with van der Waals surface area (Å²) in [5.41, 5.74) is 2.60. The third-order valence-corrected chi connectivity index (χ3v) is 3.86. The highest BCUT2D eigenvalue weighted by atomic mass is 15.4. The Kier molecular flexibility index (Phi) is 4.52. The molecule has 1 atom stereocenters. The lowest BCUT2D eigenvalue weighted by atomic mass is 9.96. The largest absolute Gasteiger partial charge is 0.240 e. The molecule has 0 spiro atoms. The molecule has 0 radical (unpaired) electrons. The fourth-order valence-electron chi connectivity index (χ4n) is 2.60. The topological polar surface area (TPSA) is 54.5 Å². The zero-order chi connectivity index (χ0) is 14.5. The van der Waals surface area contributed by atoms with E-state index in [-0.39, 0.29) is 6.04 Å². The molecule has 0 aliphatic carbocycles. The summed E-state index contributed by atoms with van der Waals surface area (Å²) in [5.74, 6) is 0.325. The van der Waals surface area contributed by atoms with Gasteiger partial charge < -0.3 is 0 Å². The van der Waals surface area contributed by atoms with Crippen molar-refractivity contribution in [3.8, 4) is 6.07 Å². The van der Waals surface area contributed by atoms with Gasteiger partial charge in [0.1, 0.15) is 6.07 Å². The van der Waals surface area contributed by atoms with Crippen molar-refractivity contribution in [1.82, 2.24) is 15.0 Å². The quantitative estimate of drug-likeness (QED) is 0.831. The van der Waals surface area contributed by atoms with Crippen molar-refractivity contribution in [2.75, 3.05) is 0 Å².